The second-order valence-electron chi connectivity index (χ2n) is 7.02. The zero-order chi connectivity index (χ0) is 19.8. The van der Waals surface area contributed by atoms with Gasteiger partial charge in [-0.25, -0.2) is 9.67 Å². The van der Waals surface area contributed by atoms with Gasteiger partial charge in [-0.15, -0.1) is 0 Å². The number of aromatic nitrogens is 3. The van der Waals surface area contributed by atoms with Gasteiger partial charge in [-0.2, -0.15) is 5.10 Å². The van der Waals surface area contributed by atoms with Crippen molar-refractivity contribution >= 4 is 34.2 Å². The van der Waals surface area contributed by atoms with Crippen LogP contribution in [0.25, 0.3) is 11.0 Å². The minimum absolute atomic E-state index is 0.104. The zero-order valence-electron chi connectivity index (χ0n) is 15.9. The van der Waals surface area contributed by atoms with E-state index in [-0.39, 0.29) is 24.4 Å². The van der Waals surface area contributed by atoms with Crippen molar-refractivity contribution in [3.05, 3.63) is 42.7 Å². The molecule has 144 valence electrons. The molecule has 28 heavy (non-hydrogen) atoms. The van der Waals surface area contributed by atoms with Crippen molar-refractivity contribution in [1.29, 1.82) is 0 Å². The maximum atomic E-state index is 12.6. The predicted molar refractivity (Wildman–Crippen MR) is 105 cm³/mol. The van der Waals surface area contributed by atoms with Gasteiger partial charge in [-0.3, -0.25) is 14.5 Å². The van der Waals surface area contributed by atoms with Crippen LogP contribution in [-0.4, -0.2) is 39.2 Å². The average Bonchev–Trinajstić information content (AvgIpc) is 3.09. The number of carbonyl (C=O) groups is 2. The number of hydrogen-bond donors (Lipinski definition) is 1. The Balaban J connectivity index is 1.53. The molecule has 3 heterocycles. The van der Waals surface area contributed by atoms with Gasteiger partial charge in [-0.05, 0) is 39.0 Å². The molecule has 0 saturated carbocycles. The molecule has 0 bridgehead atoms. The van der Waals surface area contributed by atoms with Gasteiger partial charge in [0.2, 0.25) is 5.91 Å². The molecule has 0 spiro atoms. The van der Waals surface area contributed by atoms with Crippen LogP contribution < -0.4 is 15.0 Å². The molecule has 0 saturated heterocycles. The van der Waals surface area contributed by atoms with E-state index in [1.807, 2.05) is 30.7 Å². The minimum Gasteiger partial charge on any atom is -0.479 e. The highest BCUT2D eigenvalue weighted by Gasteiger charge is 2.32. The lowest BCUT2D eigenvalue weighted by Gasteiger charge is -2.32. The molecule has 0 unspecified atom stereocenters. The molecular formula is C20H21N5O3. The Labute approximate surface area is 162 Å². The third-order valence-electron chi connectivity index (χ3n) is 4.58. The van der Waals surface area contributed by atoms with Crippen molar-refractivity contribution in [2.45, 2.75) is 32.9 Å². The third-order valence-corrected chi connectivity index (χ3v) is 4.58. The summed E-state index contributed by atoms with van der Waals surface area (Å²) in [6, 6.07) is 9.20. The van der Waals surface area contributed by atoms with Gasteiger partial charge in [0.1, 0.15) is 12.3 Å². The van der Waals surface area contributed by atoms with Gasteiger partial charge >= 0.3 is 0 Å². The monoisotopic (exact) mass is 379 g/mol. The highest BCUT2D eigenvalue weighted by molar-refractivity contribution is 6.06. The second kappa shape index (κ2) is 6.95. The van der Waals surface area contributed by atoms with Crippen molar-refractivity contribution in [2.24, 2.45) is 0 Å². The molecule has 2 aromatic heterocycles. The molecule has 3 aromatic rings. The van der Waals surface area contributed by atoms with E-state index < -0.39 is 6.10 Å². The number of anilines is 2. The van der Waals surface area contributed by atoms with Crippen LogP contribution in [-0.2, 0) is 9.59 Å². The van der Waals surface area contributed by atoms with E-state index in [1.165, 1.54) is 4.90 Å². The number of nitrogens with one attached hydrogen (secondary N) is 1. The summed E-state index contributed by atoms with van der Waals surface area (Å²) in [6.45, 7) is 5.63. The van der Waals surface area contributed by atoms with Gasteiger partial charge in [-0.1, -0.05) is 12.1 Å². The molecule has 2 amide bonds. The smallest absolute Gasteiger partial charge is 0.268 e. The average molecular weight is 379 g/mol. The Morgan fingerprint density at radius 3 is 2.86 bits per heavy atom. The molecule has 8 nitrogen and oxygen atoms in total. The summed E-state index contributed by atoms with van der Waals surface area (Å²) < 4.78 is 7.43. The van der Waals surface area contributed by atoms with E-state index in [4.69, 9.17) is 4.74 Å². The summed E-state index contributed by atoms with van der Waals surface area (Å²) in [5, 5.41) is 7.98. The van der Waals surface area contributed by atoms with Crippen LogP contribution >= 0.6 is 0 Å². The SMILES string of the molecule is CC(C)n1ncc2cc(NC(=O)CN3C(=O)[C@@H](C)Oc4ccccc43)cnc21. The molecule has 1 N–H and O–H groups in total. The highest BCUT2D eigenvalue weighted by Crippen LogP contribution is 2.33. The zero-order valence-corrected chi connectivity index (χ0v) is 15.9. The first kappa shape index (κ1) is 18.0. The molecule has 8 heteroatoms. The standard InChI is InChI=1S/C20H21N5O3/c1-12(2)25-19-14(9-22-25)8-15(10-21-19)23-18(26)11-24-16-6-4-5-7-17(16)28-13(3)20(24)27/h4-10,12-13H,11H2,1-3H3,(H,23,26)/t13-/m1/s1. The van der Waals surface area contributed by atoms with E-state index in [0.29, 0.717) is 17.1 Å². The summed E-state index contributed by atoms with van der Waals surface area (Å²) in [4.78, 5) is 31.0. The van der Waals surface area contributed by atoms with E-state index >= 15 is 0 Å². The molecule has 0 radical (unpaired) electrons. The molecule has 0 fully saturated rings. The maximum absolute atomic E-state index is 12.6. The number of nitrogens with zero attached hydrogens (tertiary/aromatic N) is 4. The largest absolute Gasteiger partial charge is 0.479 e. The molecule has 1 aromatic carbocycles. The highest BCUT2D eigenvalue weighted by atomic mass is 16.5. The van der Waals surface area contributed by atoms with Gasteiger partial charge in [0.05, 0.1) is 23.8 Å². The third kappa shape index (κ3) is 3.17. The normalized spacial score (nSPS) is 16.2. The van der Waals surface area contributed by atoms with Crippen LogP contribution in [0.1, 0.15) is 26.8 Å². The minimum atomic E-state index is -0.636. The fourth-order valence-electron chi connectivity index (χ4n) is 3.25. The summed E-state index contributed by atoms with van der Waals surface area (Å²) in [5.74, 6) is 0.0295. The Bertz CT molecular complexity index is 1060. The Morgan fingerprint density at radius 2 is 2.07 bits per heavy atom. The molecule has 4 rings (SSSR count). The first-order valence-corrected chi connectivity index (χ1v) is 9.14. The number of ether oxygens (including phenoxy) is 1. The predicted octanol–water partition coefficient (Wildman–Crippen LogP) is 2.76. The van der Waals surface area contributed by atoms with E-state index in [2.05, 4.69) is 15.4 Å². The van der Waals surface area contributed by atoms with Crippen LogP contribution in [0.15, 0.2) is 42.7 Å². The van der Waals surface area contributed by atoms with Crippen LogP contribution in [0.5, 0.6) is 5.75 Å². The lowest BCUT2D eigenvalue weighted by molar-refractivity contribution is -0.127. The summed E-state index contributed by atoms with van der Waals surface area (Å²) >= 11 is 0. The Kier molecular flexibility index (Phi) is 4.46. The van der Waals surface area contributed by atoms with Crippen molar-refractivity contribution < 1.29 is 14.3 Å². The number of rotatable bonds is 4. The van der Waals surface area contributed by atoms with Crippen molar-refractivity contribution in [3.63, 3.8) is 0 Å². The first-order chi connectivity index (χ1) is 13.4. The van der Waals surface area contributed by atoms with Gasteiger partial charge < -0.3 is 10.1 Å². The van der Waals surface area contributed by atoms with Crippen LogP contribution in [0.3, 0.4) is 0 Å². The van der Waals surface area contributed by atoms with Crippen molar-refractivity contribution in [2.75, 3.05) is 16.8 Å². The molecule has 0 aliphatic carbocycles. The van der Waals surface area contributed by atoms with E-state index in [9.17, 15) is 9.59 Å². The van der Waals surface area contributed by atoms with E-state index in [0.717, 1.165) is 11.0 Å². The molecule has 1 aliphatic heterocycles. The van der Waals surface area contributed by atoms with E-state index in [1.54, 1.807) is 37.5 Å². The summed E-state index contributed by atoms with van der Waals surface area (Å²) in [6.07, 6.45) is 2.68. The number of hydrogen-bond acceptors (Lipinski definition) is 5. The Hall–Kier alpha value is -3.42. The summed E-state index contributed by atoms with van der Waals surface area (Å²) in [5.41, 5.74) is 1.91. The van der Waals surface area contributed by atoms with Crippen LogP contribution in [0, 0.1) is 0 Å². The number of carbonyl (C=O) groups excluding carboxylic acids is 2. The fourth-order valence-corrected chi connectivity index (χ4v) is 3.25. The van der Waals surface area contributed by atoms with Crippen molar-refractivity contribution in [3.8, 4) is 5.75 Å². The molecular weight excluding hydrogens is 358 g/mol. The van der Waals surface area contributed by atoms with Crippen LogP contribution in [0.4, 0.5) is 11.4 Å². The maximum Gasteiger partial charge on any atom is 0.268 e. The number of pyridine rings is 1. The molecule has 1 aliphatic rings. The van der Waals surface area contributed by atoms with Gasteiger partial charge in [0.25, 0.3) is 5.91 Å². The fraction of sp³-hybridized carbons (Fsp3) is 0.300. The Morgan fingerprint density at radius 1 is 1.29 bits per heavy atom. The first-order valence-electron chi connectivity index (χ1n) is 9.14. The van der Waals surface area contributed by atoms with Gasteiger partial charge in [0, 0.05) is 11.4 Å². The summed E-state index contributed by atoms with van der Waals surface area (Å²) in [7, 11) is 0. The lowest BCUT2D eigenvalue weighted by atomic mass is 10.2. The number of benzene rings is 1. The number of amides is 2. The lowest BCUT2D eigenvalue weighted by Crippen LogP contribution is -2.47. The number of para-hydroxylation sites is 2. The van der Waals surface area contributed by atoms with Crippen LogP contribution in [0.2, 0.25) is 0 Å². The quantitative estimate of drug-likeness (QED) is 0.753. The topological polar surface area (TPSA) is 89.4 Å². The number of fused-ring (bicyclic) bond motifs is 2. The van der Waals surface area contributed by atoms with Gasteiger partial charge in [0.15, 0.2) is 11.8 Å². The second-order valence-corrected chi connectivity index (χ2v) is 7.02. The van der Waals surface area contributed by atoms with Crippen molar-refractivity contribution in [1.82, 2.24) is 14.8 Å². The molecule has 1 atom stereocenters.